The number of rotatable bonds is 3. The summed E-state index contributed by atoms with van der Waals surface area (Å²) >= 11 is 1.74. The van der Waals surface area contributed by atoms with E-state index in [1.807, 2.05) is 36.0 Å². The van der Waals surface area contributed by atoms with Crippen molar-refractivity contribution in [2.75, 3.05) is 0 Å². The second kappa shape index (κ2) is 5.03. The zero-order valence-electron chi connectivity index (χ0n) is 11.5. The standard InChI is InChI=1S/C16H15N3S/c1-12-13(2)19(11-14-6-5-9-20-14)16(15(12)10-17)18-7-3-4-8-18/h3-9H,11H2,1-2H3. The van der Waals surface area contributed by atoms with E-state index in [0.29, 0.717) is 0 Å². The molecule has 3 aromatic heterocycles. The van der Waals surface area contributed by atoms with E-state index in [1.165, 1.54) is 4.88 Å². The summed E-state index contributed by atoms with van der Waals surface area (Å²) in [5.74, 6) is 0.959. The smallest absolute Gasteiger partial charge is 0.135 e. The van der Waals surface area contributed by atoms with Crippen LogP contribution in [0.3, 0.4) is 0 Å². The number of hydrogen-bond acceptors (Lipinski definition) is 2. The molecule has 0 aliphatic carbocycles. The molecule has 0 atom stereocenters. The van der Waals surface area contributed by atoms with Crippen molar-refractivity contribution in [1.82, 2.24) is 9.13 Å². The molecule has 0 aliphatic rings. The molecule has 0 N–H and O–H groups in total. The van der Waals surface area contributed by atoms with Crippen LogP contribution in [0.4, 0.5) is 0 Å². The Bertz CT molecular complexity index is 756. The monoisotopic (exact) mass is 281 g/mol. The third-order valence-electron chi connectivity index (χ3n) is 3.66. The lowest BCUT2D eigenvalue weighted by molar-refractivity contribution is 0.745. The van der Waals surface area contributed by atoms with Crippen molar-refractivity contribution in [3.8, 4) is 11.9 Å². The molecule has 0 aliphatic heterocycles. The van der Waals surface area contributed by atoms with Crippen molar-refractivity contribution in [3.05, 3.63) is 63.7 Å². The highest BCUT2D eigenvalue weighted by molar-refractivity contribution is 7.09. The molecule has 3 rings (SSSR count). The molecule has 4 heteroatoms. The van der Waals surface area contributed by atoms with Gasteiger partial charge in [0, 0.05) is 23.0 Å². The maximum atomic E-state index is 9.49. The molecule has 0 spiro atoms. The molecule has 100 valence electrons. The lowest BCUT2D eigenvalue weighted by Crippen LogP contribution is -2.07. The molecule has 0 saturated heterocycles. The molecular formula is C16H15N3S. The Balaban J connectivity index is 2.20. The third-order valence-corrected chi connectivity index (χ3v) is 4.52. The highest BCUT2D eigenvalue weighted by Crippen LogP contribution is 2.27. The van der Waals surface area contributed by atoms with E-state index in [2.05, 4.69) is 35.1 Å². The molecular weight excluding hydrogens is 266 g/mol. The van der Waals surface area contributed by atoms with Gasteiger partial charge in [-0.2, -0.15) is 5.26 Å². The summed E-state index contributed by atoms with van der Waals surface area (Å²) in [6.07, 6.45) is 3.97. The van der Waals surface area contributed by atoms with Crippen molar-refractivity contribution in [2.24, 2.45) is 0 Å². The Morgan fingerprint density at radius 3 is 2.55 bits per heavy atom. The Kier molecular flexibility index (Phi) is 3.21. The van der Waals surface area contributed by atoms with Crippen LogP contribution in [-0.2, 0) is 6.54 Å². The molecule has 0 aromatic carbocycles. The van der Waals surface area contributed by atoms with Crippen LogP contribution in [0, 0.1) is 25.2 Å². The summed E-state index contributed by atoms with van der Waals surface area (Å²) in [5, 5.41) is 11.6. The normalized spacial score (nSPS) is 10.7. The fraction of sp³-hybridized carbons (Fsp3) is 0.188. The summed E-state index contributed by atoms with van der Waals surface area (Å²) < 4.78 is 4.24. The van der Waals surface area contributed by atoms with Crippen molar-refractivity contribution in [1.29, 1.82) is 5.26 Å². The summed E-state index contributed by atoms with van der Waals surface area (Å²) in [5.41, 5.74) is 2.97. The Labute approximate surface area is 122 Å². The van der Waals surface area contributed by atoms with Crippen LogP contribution in [0.2, 0.25) is 0 Å². The summed E-state index contributed by atoms with van der Waals surface area (Å²) in [6, 6.07) is 10.5. The van der Waals surface area contributed by atoms with E-state index in [9.17, 15) is 5.26 Å². The van der Waals surface area contributed by atoms with Gasteiger partial charge in [-0.15, -0.1) is 11.3 Å². The van der Waals surface area contributed by atoms with Gasteiger partial charge in [-0.05, 0) is 43.0 Å². The lowest BCUT2D eigenvalue weighted by Gasteiger charge is -2.11. The molecule has 0 fully saturated rings. The molecule has 0 bridgehead atoms. The fourth-order valence-corrected chi connectivity index (χ4v) is 3.17. The number of aromatic nitrogens is 2. The zero-order chi connectivity index (χ0) is 14.1. The van der Waals surface area contributed by atoms with E-state index in [4.69, 9.17) is 0 Å². The maximum absolute atomic E-state index is 9.49. The highest BCUT2D eigenvalue weighted by Gasteiger charge is 2.18. The van der Waals surface area contributed by atoms with Gasteiger partial charge in [0.05, 0.1) is 12.1 Å². The van der Waals surface area contributed by atoms with Gasteiger partial charge in [0.1, 0.15) is 11.9 Å². The van der Waals surface area contributed by atoms with Crippen LogP contribution >= 0.6 is 11.3 Å². The van der Waals surface area contributed by atoms with Gasteiger partial charge in [-0.1, -0.05) is 6.07 Å². The molecule has 20 heavy (non-hydrogen) atoms. The Morgan fingerprint density at radius 1 is 1.20 bits per heavy atom. The number of nitriles is 1. The minimum Gasteiger partial charge on any atom is -0.325 e. The first kappa shape index (κ1) is 12.8. The molecule has 3 nitrogen and oxygen atoms in total. The van der Waals surface area contributed by atoms with Gasteiger partial charge in [0.15, 0.2) is 0 Å². The Hall–Kier alpha value is -2.25. The van der Waals surface area contributed by atoms with Crippen molar-refractivity contribution >= 4 is 11.3 Å². The van der Waals surface area contributed by atoms with E-state index in [-0.39, 0.29) is 0 Å². The second-order valence-corrected chi connectivity index (χ2v) is 5.81. The first-order valence-electron chi connectivity index (χ1n) is 6.48. The molecule has 3 aromatic rings. The van der Waals surface area contributed by atoms with Gasteiger partial charge in [0.2, 0.25) is 0 Å². The Morgan fingerprint density at radius 2 is 1.95 bits per heavy atom. The molecule has 0 amide bonds. The van der Waals surface area contributed by atoms with Gasteiger partial charge in [-0.3, -0.25) is 0 Å². The van der Waals surface area contributed by atoms with Crippen LogP contribution in [-0.4, -0.2) is 9.13 Å². The summed E-state index contributed by atoms with van der Waals surface area (Å²) in [4.78, 5) is 1.29. The van der Waals surface area contributed by atoms with Crippen LogP contribution in [0.25, 0.3) is 5.82 Å². The topological polar surface area (TPSA) is 33.6 Å². The third kappa shape index (κ3) is 1.97. The summed E-state index contributed by atoms with van der Waals surface area (Å²) in [7, 11) is 0. The summed E-state index contributed by atoms with van der Waals surface area (Å²) in [6.45, 7) is 4.90. The minimum atomic E-state index is 0.759. The molecule has 0 saturated carbocycles. The van der Waals surface area contributed by atoms with Crippen molar-refractivity contribution in [3.63, 3.8) is 0 Å². The van der Waals surface area contributed by atoms with Crippen LogP contribution in [0.1, 0.15) is 21.7 Å². The van der Waals surface area contributed by atoms with Crippen molar-refractivity contribution in [2.45, 2.75) is 20.4 Å². The molecule has 0 radical (unpaired) electrons. The SMILES string of the molecule is Cc1c(C#N)c(-n2cccc2)n(Cc2cccs2)c1C. The van der Waals surface area contributed by atoms with E-state index in [1.54, 1.807) is 11.3 Å². The highest BCUT2D eigenvalue weighted by atomic mass is 32.1. The number of thiophene rings is 1. The van der Waals surface area contributed by atoms with Crippen LogP contribution in [0.15, 0.2) is 42.0 Å². The second-order valence-electron chi connectivity index (χ2n) is 4.78. The zero-order valence-corrected chi connectivity index (χ0v) is 12.3. The van der Waals surface area contributed by atoms with E-state index < -0.39 is 0 Å². The average Bonchev–Trinajstić information content (AvgIpc) is 3.16. The predicted octanol–water partition coefficient (Wildman–Crippen LogP) is 3.88. The maximum Gasteiger partial charge on any atom is 0.135 e. The first-order chi connectivity index (χ1) is 9.72. The molecule has 3 heterocycles. The fourth-order valence-electron chi connectivity index (χ4n) is 2.47. The van der Waals surface area contributed by atoms with Gasteiger partial charge in [-0.25, -0.2) is 0 Å². The van der Waals surface area contributed by atoms with Crippen LogP contribution < -0.4 is 0 Å². The van der Waals surface area contributed by atoms with E-state index >= 15 is 0 Å². The van der Waals surface area contributed by atoms with Crippen molar-refractivity contribution < 1.29 is 0 Å². The predicted molar refractivity (Wildman–Crippen MR) is 81.4 cm³/mol. The number of nitrogens with zero attached hydrogens (tertiary/aromatic N) is 3. The average molecular weight is 281 g/mol. The lowest BCUT2D eigenvalue weighted by atomic mass is 10.2. The minimum absolute atomic E-state index is 0.759. The van der Waals surface area contributed by atoms with Gasteiger partial charge < -0.3 is 9.13 Å². The molecule has 0 unspecified atom stereocenters. The quantitative estimate of drug-likeness (QED) is 0.717. The van der Waals surface area contributed by atoms with E-state index in [0.717, 1.165) is 29.2 Å². The van der Waals surface area contributed by atoms with Gasteiger partial charge >= 0.3 is 0 Å². The van der Waals surface area contributed by atoms with Gasteiger partial charge in [0.25, 0.3) is 0 Å². The largest absolute Gasteiger partial charge is 0.325 e. The number of hydrogen-bond donors (Lipinski definition) is 0. The first-order valence-corrected chi connectivity index (χ1v) is 7.36. The van der Waals surface area contributed by atoms with Crippen LogP contribution in [0.5, 0.6) is 0 Å².